The van der Waals surface area contributed by atoms with E-state index in [1.807, 2.05) is 21.1 Å². The van der Waals surface area contributed by atoms with Gasteiger partial charge in [0.25, 0.3) is 0 Å². The number of carbonyl (C=O) groups excluding carboxylic acids is 1. The molecule has 0 radical (unpaired) electrons. The van der Waals surface area contributed by atoms with Crippen LogP contribution in [-0.2, 0) is 4.79 Å². The number of hydrogen-bond acceptors (Lipinski definition) is 4. The average molecular weight is 216 g/mol. The van der Waals surface area contributed by atoms with E-state index in [-0.39, 0.29) is 11.9 Å². The molecule has 0 fully saturated rings. The van der Waals surface area contributed by atoms with Crippen LogP contribution in [0, 0.1) is 0 Å². The van der Waals surface area contributed by atoms with Crippen LogP contribution < -0.4 is 21.3 Å². The lowest BCUT2D eigenvalue weighted by atomic mass is 10.1. The summed E-state index contributed by atoms with van der Waals surface area (Å²) in [6, 6.07) is -0.0739. The Morgan fingerprint density at radius 3 is 2.27 bits per heavy atom. The van der Waals surface area contributed by atoms with E-state index < -0.39 is 0 Å². The van der Waals surface area contributed by atoms with Gasteiger partial charge in [0.2, 0.25) is 5.91 Å². The highest BCUT2D eigenvalue weighted by Crippen LogP contribution is 1.95. The van der Waals surface area contributed by atoms with Crippen molar-refractivity contribution in [3.8, 4) is 0 Å². The van der Waals surface area contributed by atoms with E-state index in [2.05, 4.69) is 21.3 Å². The minimum atomic E-state index is -0.0739. The summed E-state index contributed by atoms with van der Waals surface area (Å²) in [6.45, 7) is 2.43. The van der Waals surface area contributed by atoms with E-state index in [9.17, 15) is 4.79 Å². The summed E-state index contributed by atoms with van der Waals surface area (Å²) < 4.78 is 0. The zero-order chi connectivity index (χ0) is 11.5. The number of nitrogens with one attached hydrogen (secondary N) is 4. The summed E-state index contributed by atoms with van der Waals surface area (Å²) >= 11 is 0. The van der Waals surface area contributed by atoms with Gasteiger partial charge in [-0.05, 0) is 40.5 Å². The van der Waals surface area contributed by atoms with Crippen molar-refractivity contribution in [3.63, 3.8) is 0 Å². The van der Waals surface area contributed by atoms with Gasteiger partial charge in [-0.25, -0.2) is 0 Å². The van der Waals surface area contributed by atoms with Gasteiger partial charge in [-0.2, -0.15) is 0 Å². The first-order valence-electron chi connectivity index (χ1n) is 5.50. The first-order chi connectivity index (χ1) is 7.26. The molecule has 0 heterocycles. The molecule has 0 bridgehead atoms. The van der Waals surface area contributed by atoms with Crippen molar-refractivity contribution in [2.75, 3.05) is 40.8 Å². The highest BCUT2D eigenvalue weighted by molar-refractivity contribution is 5.81. The van der Waals surface area contributed by atoms with Gasteiger partial charge >= 0.3 is 0 Å². The molecule has 15 heavy (non-hydrogen) atoms. The molecule has 4 N–H and O–H groups in total. The lowest BCUT2D eigenvalue weighted by molar-refractivity contribution is -0.123. The second-order valence-corrected chi connectivity index (χ2v) is 3.48. The smallest absolute Gasteiger partial charge is 0.237 e. The lowest BCUT2D eigenvalue weighted by Gasteiger charge is -2.15. The van der Waals surface area contributed by atoms with E-state index in [0.717, 1.165) is 25.9 Å². The Morgan fingerprint density at radius 1 is 1.07 bits per heavy atom. The molecule has 0 aliphatic carbocycles. The molecule has 0 rings (SSSR count). The Morgan fingerprint density at radius 2 is 1.73 bits per heavy atom. The molecular weight excluding hydrogens is 192 g/mol. The van der Waals surface area contributed by atoms with Crippen molar-refractivity contribution in [2.24, 2.45) is 0 Å². The third-order valence-corrected chi connectivity index (χ3v) is 2.26. The third kappa shape index (κ3) is 7.30. The third-order valence-electron chi connectivity index (χ3n) is 2.26. The van der Waals surface area contributed by atoms with Crippen molar-refractivity contribution in [1.82, 2.24) is 21.3 Å². The monoisotopic (exact) mass is 216 g/mol. The van der Waals surface area contributed by atoms with Gasteiger partial charge in [-0.3, -0.25) is 4.79 Å². The molecule has 1 atom stereocenters. The predicted molar refractivity (Wildman–Crippen MR) is 62.9 cm³/mol. The minimum Gasteiger partial charge on any atom is -0.353 e. The maximum Gasteiger partial charge on any atom is 0.237 e. The first-order valence-corrected chi connectivity index (χ1v) is 5.50. The Kier molecular flexibility index (Phi) is 9.46. The summed E-state index contributed by atoms with van der Waals surface area (Å²) in [6.07, 6.45) is 1.87. The fourth-order valence-corrected chi connectivity index (χ4v) is 1.32. The molecule has 5 nitrogen and oxygen atoms in total. The predicted octanol–water partition coefficient (Wildman–Crippen LogP) is -1.09. The van der Waals surface area contributed by atoms with Crippen LogP contribution in [0.25, 0.3) is 0 Å². The summed E-state index contributed by atoms with van der Waals surface area (Å²) in [4.78, 5) is 11.6. The van der Waals surface area contributed by atoms with Gasteiger partial charge in [0.1, 0.15) is 0 Å². The van der Waals surface area contributed by atoms with Crippen molar-refractivity contribution in [1.29, 1.82) is 0 Å². The van der Waals surface area contributed by atoms with Crippen molar-refractivity contribution in [2.45, 2.75) is 18.9 Å². The van der Waals surface area contributed by atoms with Gasteiger partial charge < -0.3 is 21.3 Å². The second kappa shape index (κ2) is 9.89. The minimum absolute atomic E-state index is 0.0739. The lowest BCUT2D eigenvalue weighted by Crippen LogP contribution is -2.44. The fraction of sp³-hybridized carbons (Fsp3) is 0.900. The number of likely N-dealkylation sites (N-methyl/N-ethyl adjacent to an activating group) is 2. The van der Waals surface area contributed by atoms with Gasteiger partial charge in [0.05, 0.1) is 6.04 Å². The maximum atomic E-state index is 11.6. The highest BCUT2D eigenvalue weighted by atomic mass is 16.2. The molecule has 0 aliphatic heterocycles. The Balaban J connectivity index is 3.67. The standard InChI is InChI=1S/C10H24N4O/c1-11-6-4-5-9(13-3)10(15)14-8-7-12-2/h9,11-13H,4-8H2,1-3H3,(H,14,15)/t9-/m0/s1. The molecule has 0 saturated heterocycles. The maximum absolute atomic E-state index is 11.6. The molecule has 0 unspecified atom stereocenters. The Hall–Kier alpha value is -0.650. The average Bonchev–Trinajstić information content (AvgIpc) is 2.24. The van der Waals surface area contributed by atoms with Crippen molar-refractivity contribution >= 4 is 5.91 Å². The van der Waals surface area contributed by atoms with Gasteiger partial charge in [0.15, 0.2) is 0 Å². The van der Waals surface area contributed by atoms with E-state index in [0.29, 0.717) is 6.54 Å². The molecular formula is C10H24N4O. The van der Waals surface area contributed by atoms with Crippen LogP contribution in [0.4, 0.5) is 0 Å². The van der Waals surface area contributed by atoms with Gasteiger partial charge in [-0.1, -0.05) is 0 Å². The largest absolute Gasteiger partial charge is 0.353 e. The zero-order valence-corrected chi connectivity index (χ0v) is 10.0. The number of rotatable bonds is 9. The summed E-state index contributed by atoms with van der Waals surface area (Å²) in [5.74, 6) is 0.0869. The first kappa shape index (κ1) is 14.3. The molecule has 0 aliphatic rings. The Labute approximate surface area is 92.4 Å². The molecule has 0 spiro atoms. The van der Waals surface area contributed by atoms with E-state index in [4.69, 9.17) is 0 Å². The van der Waals surface area contributed by atoms with Crippen LogP contribution in [0.5, 0.6) is 0 Å². The van der Waals surface area contributed by atoms with Crippen LogP contribution >= 0.6 is 0 Å². The second-order valence-electron chi connectivity index (χ2n) is 3.48. The van der Waals surface area contributed by atoms with E-state index in [1.165, 1.54) is 0 Å². The van der Waals surface area contributed by atoms with E-state index >= 15 is 0 Å². The quantitative estimate of drug-likeness (QED) is 0.370. The summed E-state index contributed by atoms with van der Waals surface area (Å²) in [5, 5.41) is 12.0. The van der Waals surface area contributed by atoms with Crippen LogP contribution in [0.3, 0.4) is 0 Å². The molecule has 5 heteroatoms. The molecule has 0 saturated carbocycles. The number of amides is 1. The molecule has 1 amide bonds. The van der Waals surface area contributed by atoms with Gasteiger partial charge in [0, 0.05) is 13.1 Å². The van der Waals surface area contributed by atoms with Crippen LogP contribution in [0.2, 0.25) is 0 Å². The summed E-state index contributed by atoms with van der Waals surface area (Å²) in [7, 11) is 5.61. The fourth-order valence-electron chi connectivity index (χ4n) is 1.32. The van der Waals surface area contributed by atoms with Gasteiger partial charge in [-0.15, -0.1) is 0 Å². The molecule has 90 valence electrons. The van der Waals surface area contributed by atoms with E-state index in [1.54, 1.807) is 0 Å². The topological polar surface area (TPSA) is 65.2 Å². The van der Waals surface area contributed by atoms with Crippen LogP contribution in [0.1, 0.15) is 12.8 Å². The van der Waals surface area contributed by atoms with Crippen molar-refractivity contribution < 1.29 is 4.79 Å². The number of hydrogen-bond donors (Lipinski definition) is 4. The van der Waals surface area contributed by atoms with Crippen LogP contribution in [0.15, 0.2) is 0 Å². The normalized spacial score (nSPS) is 12.5. The highest BCUT2D eigenvalue weighted by Gasteiger charge is 2.14. The number of carbonyl (C=O) groups is 1. The molecule has 0 aromatic carbocycles. The van der Waals surface area contributed by atoms with Crippen molar-refractivity contribution in [3.05, 3.63) is 0 Å². The SMILES string of the molecule is CNCCC[C@H](NC)C(=O)NCCNC. The summed E-state index contributed by atoms with van der Waals surface area (Å²) in [5.41, 5.74) is 0. The molecule has 0 aromatic heterocycles. The Bertz CT molecular complexity index is 164. The molecule has 0 aromatic rings. The zero-order valence-electron chi connectivity index (χ0n) is 10.0. The van der Waals surface area contributed by atoms with Crippen LogP contribution in [-0.4, -0.2) is 52.7 Å².